The zero-order valence-electron chi connectivity index (χ0n) is 19.9. The lowest BCUT2D eigenvalue weighted by Crippen LogP contribution is -2.33. The van der Waals surface area contributed by atoms with Crippen LogP contribution in [0.5, 0.6) is 5.75 Å². The van der Waals surface area contributed by atoms with E-state index < -0.39 is 0 Å². The van der Waals surface area contributed by atoms with Gasteiger partial charge in [-0.1, -0.05) is 12.1 Å². The minimum Gasteiger partial charge on any atom is -0.487 e. The summed E-state index contributed by atoms with van der Waals surface area (Å²) < 4.78 is 8.16. The van der Waals surface area contributed by atoms with Gasteiger partial charge in [0.25, 0.3) is 11.1 Å². The maximum atomic E-state index is 13.3. The van der Waals surface area contributed by atoms with Gasteiger partial charge >= 0.3 is 0 Å². The number of amides is 1. The number of hydrogen-bond acceptors (Lipinski definition) is 6. The smallest absolute Gasteiger partial charge is 0.275 e. The van der Waals surface area contributed by atoms with Crippen molar-refractivity contribution in [2.45, 2.75) is 44.9 Å². The van der Waals surface area contributed by atoms with Gasteiger partial charge in [0, 0.05) is 55.8 Å². The summed E-state index contributed by atoms with van der Waals surface area (Å²) in [7, 11) is 0. The topological polar surface area (TPSA) is 116 Å². The Balaban J connectivity index is 1.50. The second-order valence-corrected chi connectivity index (χ2v) is 10.0. The van der Waals surface area contributed by atoms with Gasteiger partial charge in [-0.2, -0.15) is 0 Å². The zero-order chi connectivity index (χ0) is 24.6. The molecule has 7 rings (SSSR count). The average molecular weight is 487 g/mol. The highest BCUT2D eigenvalue weighted by Crippen LogP contribution is 2.35. The number of nitrogens with zero attached hydrogens (tertiary/aromatic N) is 4. The van der Waals surface area contributed by atoms with Crippen LogP contribution in [-0.2, 0) is 11.3 Å². The summed E-state index contributed by atoms with van der Waals surface area (Å²) in [6.07, 6.45) is 2.07. The fourth-order valence-corrected chi connectivity index (χ4v) is 5.88. The maximum Gasteiger partial charge on any atom is 0.275 e. The van der Waals surface area contributed by atoms with Gasteiger partial charge in [-0.25, -0.2) is 4.98 Å². The molecule has 5 heterocycles. The molecule has 10 nitrogen and oxygen atoms in total. The number of hydrogen-bond donors (Lipinski definition) is 2. The third kappa shape index (κ3) is 3.21. The van der Waals surface area contributed by atoms with Gasteiger partial charge in [0.05, 0.1) is 23.0 Å². The van der Waals surface area contributed by atoms with Crippen LogP contribution in [0.15, 0.2) is 39.9 Å². The van der Waals surface area contributed by atoms with Crippen LogP contribution in [0.3, 0.4) is 0 Å². The summed E-state index contributed by atoms with van der Waals surface area (Å²) in [6, 6.07) is 9.30. The third-order valence-corrected chi connectivity index (χ3v) is 7.74. The number of carbonyl (C=O) groups excluding carboxylic acids is 1. The standard InChI is InChI=1S/C26H26N6O4/c1-14-10-16-13-30(14)8-9-32-26(35)18-5-2-4-17(22(18)29-32)23-25(34)27-19-11-15(31-7-3-6-21(31)33)12-20(36-16)24(19)28-23/h2,4-5,11-12,14,16,29H,3,6-10,13H2,1H3,(H,27,34)/t14-,16+/m1/s1. The molecule has 3 aliphatic heterocycles. The number of H-pyrrole nitrogens is 2. The Kier molecular flexibility index (Phi) is 4.62. The molecule has 3 aliphatic rings. The van der Waals surface area contributed by atoms with Crippen molar-refractivity contribution in [3.05, 3.63) is 51.0 Å². The van der Waals surface area contributed by atoms with E-state index in [9.17, 15) is 14.4 Å². The van der Waals surface area contributed by atoms with Crippen molar-refractivity contribution in [1.29, 1.82) is 0 Å². The summed E-state index contributed by atoms with van der Waals surface area (Å²) >= 11 is 0. The van der Waals surface area contributed by atoms with Gasteiger partial charge in [0.1, 0.15) is 23.1 Å². The molecule has 0 radical (unpaired) electrons. The molecule has 2 saturated heterocycles. The van der Waals surface area contributed by atoms with E-state index in [-0.39, 0.29) is 34.9 Å². The molecule has 2 aromatic heterocycles. The van der Waals surface area contributed by atoms with Crippen LogP contribution < -0.4 is 20.8 Å². The molecule has 2 fully saturated rings. The first kappa shape index (κ1) is 21.4. The van der Waals surface area contributed by atoms with Crippen molar-refractivity contribution in [3.63, 3.8) is 0 Å². The molecular weight excluding hydrogens is 460 g/mol. The number of para-hydroxylation sites is 1. The molecule has 3 atom stereocenters. The van der Waals surface area contributed by atoms with E-state index in [0.29, 0.717) is 71.5 Å². The predicted octanol–water partition coefficient (Wildman–Crippen LogP) is 2.22. The van der Waals surface area contributed by atoms with E-state index in [1.54, 1.807) is 33.8 Å². The van der Waals surface area contributed by atoms with Crippen LogP contribution >= 0.6 is 0 Å². The second kappa shape index (κ2) is 7.79. The average Bonchev–Trinajstić information content (AvgIpc) is 3.53. The summed E-state index contributed by atoms with van der Waals surface area (Å²) in [5, 5.41) is 3.75. The Bertz CT molecular complexity index is 1670. The molecule has 36 heavy (non-hydrogen) atoms. The first-order chi connectivity index (χ1) is 17.5. The van der Waals surface area contributed by atoms with Gasteiger partial charge in [0.2, 0.25) is 5.91 Å². The van der Waals surface area contributed by atoms with Crippen LogP contribution in [0, 0.1) is 0 Å². The lowest BCUT2D eigenvalue weighted by atomic mass is 10.1. The van der Waals surface area contributed by atoms with Gasteiger partial charge in [-0.15, -0.1) is 0 Å². The monoisotopic (exact) mass is 486 g/mol. The number of nitrogens with one attached hydrogen (secondary N) is 2. The molecule has 4 aromatic rings. The first-order valence-corrected chi connectivity index (χ1v) is 12.5. The van der Waals surface area contributed by atoms with Crippen LogP contribution in [0.2, 0.25) is 0 Å². The minimum atomic E-state index is -0.368. The van der Waals surface area contributed by atoms with Gasteiger partial charge in [-0.3, -0.25) is 29.1 Å². The molecular formula is C26H26N6O4. The van der Waals surface area contributed by atoms with Gasteiger partial charge in [0.15, 0.2) is 0 Å². The van der Waals surface area contributed by atoms with Crippen molar-refractivity contribution < 1.29 is 9.53 Å². The largest absolute Gasteiger partial charge is 0.487 e. The normalized spacial score (nSPS) is 23.6. The van der Waals surface area contributed by atoms with Crippen molar-refractivity contribution >= 4 is 33.5 Å². The molecule has 6 bridgehead atoms. The van der Waals surface area contributed by atoms with Gasteiger partial charge < -0.3 is 14.6 Å². The fraction of sp³-hybridized carbons (Fsp3) is 0.385. The summed E-state index contributed by atoms with van der Waals surface area (Å²) in [5.41, 5.74) is 2.64. The molecule has 0 aliphatic carbocycles. The Hall–Kier alpha value is -3.92. The highest BCUT2D eigenvalue weighted by Gasteiger charge is 2.32. The number of ether oxygens (including phenoxy) is 1. The SMILES string of the molecule is C[C@@H]1C[C@H]2CN1CCn1[nH]c3c(cccc3c1=O)-c1nc3c(cc(N4CCCC4=O)cc3[nH]c1=O)O2. The second-order valence-electron chi connectivity index (χ2n) is 10.0. The lowest BCUT2D eigenvalue weighted by molar-refractivity contribution is -0.117. The molecule has 2 N–H and O–H groups in total. The van der Waals surface area contributed by atoms with E-state index in [0.717, 1.165) is 12.8 Å². The number of aromatic amines is 2. The van der Waals surface area contributed by atoms with Gasteiger partial charge in [-0.05, 0) is 25.5 Å². The van der Waals surface area contributed by atoms with Crippen molar-refractivity contribution in [3.8, 4) is 17.0 Å². The molecule has 0 spiro atoms. The molecule has 10 heteroatoms. The van der Waals surface area contributed by atoms with E-state index in [1.807, 2.05) is 6.07 Å². The first-order valence-electron chi connectivity index (χ1n) is 12.5. The van der Waals surface area contributed by atoms with Crippen molar-refractivity contribution in [1.82, 2.24) is 24.6 Å². The number of anilines is 1. The quantitative estimate of drug-likeness (QED) is 0.426. The summed E-state index contributed by atoms with van der Waals surface area (Å²) in [5.74, 6) is 0.615. The molecule has 2 aromatic carbocycles. The molecule has 1 amide bonds. The lowest BCUT2D eigenvalue weighted by Gasteiger charge is -2.22. The fourth-order valence-electron chi connectivity index (χ4n) is 5.88. The number of aromatic nitrogens is 4. The van der Waals surface area contributed by atoms with Crippen molar-refractivity contribution in [2.24, 2.45) is 0 Å². The van der Waals surface area contributed by atoms with E-state index in [4.69, 9.17) is 9.72 Å². The van der Waals surface area contributed by atoms with Crippen LogP contribution in [0.4, 0.5) is 5.69 Å². The van der Waals surface area contributed by atoms with Crippen molar-refractivity contribution in [2.75, 3.05) is 24.5 Å². The Morgan fingerprint density at radius 3 is 2.83 bits per heavy atom. The Morgan fingerprint density at radius 1 is 1.11 bits per heavy atom. The number of carbonyl (C=O) groups is 1. The maximum absolute atomic E-state index is 13.3. The Labute approximate surface area is 205 Å². The minimum absolute atomic E-state index is 0.0650. The van der Waals surface area contributed by atoms with E-state index in [2.05, 4.69) is 21.9 Å². The van der Waals surface area contributed by atoms with Crippen LogP contribution in [-0.4, -0.2) is 62.3 Å². The molecule has 184 valence electrons. The zero-order valence-corrected chi connectivity index (χ0v) is 19.9. The summed E-state index contributed by atoms with van der Waals surface area (Å²) in [4.78, 5) is 50.7. The number of fused-ring (bicyclic) bond motifs is 5. The van der Waals surface area contributed by atoms with E-state index >= 15 is 0 Å². The molecule has 1 unspecified atom stereocenters. The highest BCUT2D eigenvalue weighted by molar-refractivity contribution is 5.99. The number of benzene rings is 2. The van der Waals surface area contributed by atoms with Crippen LogP contribution in [0.25, 0.3) is 33.2 Å². The third-order valence-electron chi connectivity index (χ3n) is 7.74. The van der Waals surface area contributed by atoms with Crippen LogP contribution in [0.1, 0.15) is 26.2 Å². The predicted molar refractivity (Wildman–Crippen MR) is 136 cm³/mol. The Morgan fingerprint density at radius 2 is 2.00 bits per heavy atom. The molecule has 0 saturated carbocycles. The highest BCUT2D eigenvalue weighted by atomic mass is 16.5. The summed E-state index contributed by atoms with van der Waals surface area (Å²) in [6.45, 7) is 4.72. The number of rotatable bonds is 1. The van der Waals surface area contributed by atoms with E-state index in [1.165, 1.54) is 0 Å².